The van der Waals surface area contributed by atoms with Gasteiger partial charge in [-0.3, -0.25) is 4.79 Å². The summed E-state index contributed by atoms with van der Waals surface area (Å²) >= 11 is 0. The van der Waals surface area contributed by atoms with E-state index in [-0.39, 0.29) is 12.5 Å². The van der Waals surface area contributed by atoms with E-state index in [1.54, 1.807) is 6.92 Å². The van der Waals surface area contributed by atoms with Crippen molar-refractivity contribution in [3.8, 4) is 0 Å². The molecule has 0 aliphatic rings. The number of hydrogen-bond donors (Lipinski definition) is 3. The molecule has 0 aromatic carbocycles. The third kappa shape index (κ3) is 6.54. The van der Waals surface area contributed by atoms with Gasteiger partial charge < -0.3 is 16.2 Å². The number of carbonyl (C=O) groups excluding carboxylic acids is 1. The highest BCUT2D eigenvalue weighted by Gasteiger charge is 2.14. The second kappa shape index (κ2) is 5.94. The summed E-state index contributed by atoms with van der Waals surface area (Å²) < 4.78 is 0. The number of amides is 1. The van der Waals surface area contributed by atoms with E-state index in [4.69, 9.17) is 10.8 Å². The molecule has 0 spiro atoms. The maximum Gasteiger partial charge on any atom is 0.237 e. The molecule has 0 heterocycles. The van der Waals surface area contributed by atoms with Crippen molar-refractivity contribution in [1.82, 2.24) is 5.32 Å². The summed E-state index contributed by atoms with van der Waals surface area (Å²) in [7, 11) is 0. The first-order valence-electron chi connectivity index (χ1n) is 4.64. The van der Waals surface area contributed by atoms with Crippen LogP contribution in [0, 0.1) is 5.92 Å². The minimum atomic E-state index is -0.518. The average molecular weight is 188 g/mol. The number of nitrogens with one attached hydrogen (secondary N) is 1. The summed E-state index contributed by atoms with van der Waals surface area (Å²) in [6.45, 7) is 5.92. The van der Waals surface area contributed by atoms with Gasteiger partial charge in [0.2, 0.25) is 5.91 Å². The van der Waals surface area contributed by atoms with Crippen LogP contribution < -0.4 is 11.1 Å². The van der Waals surface area contributed by atoms with E-state index < -0.39 is 12.1 Å². The molecule has 4 heteroatoms. The monoisotopic (exact) mass is 188 g/mol. The highest BCUT2D eigenvalue weighted by atomic mass is 16.3. The Kier molecular flexibility index (Phi) is 5.66. The number of hydrogen-bond acceptors (Lipinski definition) is 3. The third-order valence-electron chi connectivity index (χ3n) is 1.63. The molecule has 0 aliphatic heterocycles. The topological polar surface area (TPSA) is 75.4 Å². The quantitative estimate of drug-likeness (QED) is 0.562. The van der Waals surface area contributed by atoms with Crippen LogP contribution in [0.25, 0.3) is 0 Å². The second-order valence-corrected chi connectivity index (χ2v) is 3.83. The summed E-state index contributed by atoms with van der Waals surface area (Å²) in [5.74, 6) is 0.224. The van der Waals surface area contributed by atoms with Gasteiger partial charge in [0.15, 0.2) is 0 Å². The lowest BCUT2D eigenvalue weighted by Gasteiger charge is -2.14. The highest BCUT2D eigenvalue weighted by molar-refractivity contribution is 5.81. The Morgan fingerprint density at radius 3 is 2.38 bits per heavy atom. The van der Waals surface area contributed by atoms with Crippen LogP contribution >= 0.6 is 0 Å². The Labute approximate surface area is 79.5 Å². The molecule has 0 unspecified atom stereocenters. The zero-order valence-electron chi connectivity index (χ0n) is 8.58. The van der Waals surface area contributed by atoms with Crippen LogP contribution in [0.5, 0.6) is 0 Å². The van der Waals surface area contributed by atoms with Gasteiger partial charge in [-0.1, -0.05) is 13.8 Å². The van der Waals surface area contributed by atoms with E-state index >= 15 is 0 Å². The molecule has 0 radical (unpaired) electrons. The van der Waals surface area contributed by atoms with Crippen molar-refractivity contribution in [3.63, 3.8) is 0 Å². The van der Waals surface area contributed by atoms with Crippen LogP contribution in [0.3, 0.4) is 0 Å². The van der Waals surface area contributed by atoms with Gasteiger partial charge in [-0.25, -0.2) is 0 Å². The van der Waals surface area contributed by atoms with E-state index in [1.807, 2.05) is 13.8 Å². The van der Waals surface area contributed by atoms with E-state index in [0.717, 1.165) is 0 Å². The molecule has 0 saturated carbocycles. The van der Waals surface area contributed by atoms with Gasteiger partial charge in [0, 0.05) is 6.54 Å². The maximum absolute atomic E-state index is 11.2. The normalized spacial score (nSPS) is 15.5. The molecule has 78 valence electrons. The molecule has 0 aromatic heterocycles. The predicted octanol–water partition coefficient (Wildman–Crippen LogP) is -0.143. The minimum Gasteiger partial charge on any atom is -0.392 e. The van der Waals surface area contributed by atoms with Crippen LogP contribution in [-0.4, -0.2) is 29.7 Å². The highest BCUT2D eigenvalue weighted by Crippen LogP contribution is 2.02. The van der Waals surface area contributed by atoms with Gasteiger partial charge in [-0.15, -0.1) is 0 Å². The number of rotatable bonds is 5. The SMILES string of the molecule is CC(C)C[C@H](N)C(=O)NC[C@H](C)O. The van der Waals surface area contributed by atoms with Crippen LogP contribution in [0.4, 0.5) is 0 Å². The molecule has 0 rings (SSSR count). The van der Waals surface area contributed by atoms with Crippen molar-refractivity contribution in [2.45, 2.75) is 39.3 Å². The molecule has 0 saturated heterocycles. The van der Waals surface area contributed by atoms with Gasteiger partial charge in [-0.05, 0) is 19.3 Å². The van der Waals surface area contributed by atoms with Gasteiger partial charge in [-0.2, -0.15) is 0 Å². The minimum absolute atomic E-state index is 0.186. The zero-order valence-corrected chi connectivity index (χ0v) is 8.58. The summed E-state index contributed by atoms with van der Waals surface area (Å²) in [5.41, 5.74) is 5.61. The smallest absolute Gasteiger partial charge is 0.237 e. The Balaban J connectivity index is 3.69. The van der Waals surface area contributed by atoms with Crippen LogP contribution in [0.1, 0.15) is 27.2 Å². The van der Waals surface area contributed by atoms with Crippen molar-refractivity contribution in [3.05, 3.63) is 0 Å². The molecule has 1 amide bonds. The van der Waals surface area contributed by atoms with Gasteiger partial charge >= 0.3 is 0 Å². The van der Waals surface area contributed by atoms with E-state index in [1.165, 1.54) is 0 Å². The number of carbonyl (C=O) groups is 1. The van der Waals surface area contributed by atoms with E-state index in [0.29, 0.717) is 12.3 Å². The molecule has 0 aromatic rings. The van der Waals surface area contributed by atoms with Gasteiger partial charge in [0.05, 0.1) is 12.1 Å². The molecule has 4 nitrogen and oxygen atoms in total. The number of aliphatic hydroxyl groups is 1. The molecular weight excluding hydrogens is 168 g/mol. The number of nitrogens with two attached hydrogens (primary N) is 1. The van der Waals surface area contributed by atoms with Crippen LogP contribution in [-0.2, 0) is 4.79 Å². The molecule has 4 N–H and O–H groups in total. The first-order chi connectivity index (χ1) is 5.93. The summed E-state index contributed by atoms with van der Waals surface area (Å²) in [6, 6.07) is -0.459. The zero-order chi connectivity index (χ0) is 10.4. The molecule has 2 atom stereocenters. The lowest BCUT2D eigenvalue weighted by atomic mass is 10.0. The Hall–Kier alpha value is -0.610. The Bertz CT molecular complexity index is 158. The van der Waals surface area contributed by atoms with Crippen molar-refractivity contribution in [2.24, 2.45) is 11.7 Å². The fourth-order valence-corrected chi connectivity index (χ4v) is 0.994. The molecule has 13 heavy (non-hydrogen) atoms. The van der Waals surface area contributed by atoms with Crippen molar-refractivity contribution < 1.29 is 9.90 Å². The fraction of sp³-hybridized carbons (Fsp3) is 0.889. The first kappa shape index (κ1) is 12.4. The molecule has 0 fully saturated rings. The lowest BCUT2D eigenvalue weighted by molar-refractivity contribution is -0.123. The fourth-order valence-electron chi connectivity index (χ4n) is 0.994. The number of aliphatic hydroxyl groups excluding tert-OH is 1. The van der Waals surface area contributed by atoms with Gasteiger partial charge in [0.1, 0.15) is 0 Å². The van der Waals surface area contributed by atoms with Crippen molar-refractivity contribution in [1.29, 1.82) is 0 Å². The summed E-state index contributed by atoms with van der Waals surface area (Å²) in [4.78, 5) is 11.2. The van der Waals surface area contributed by atoms with E-state index in [9.17, 15) is 4.79 Å². The Morgan fingerprint density at radius 1 is 1.46 bits per heavy atom. The first-order valence-corrected chi connectivity index (χ1v) is 4.64. The lowest BCUT2D eigenvalue weighted by Crippen LogP contribution is -2.43. The standard InChI is InChI=1S/C9H20N2O2/c1-6(2)4-8(10)9(13)11-5-7(3)12/h6-8,12H,4-5,10H2,1-3H3,(H,11,13)/t7-,8-/m0/s1. The molecule has 0 bridgehead atoms. The Morgan fingerprint density at radius 2 is 2.00 bits per heavy atom. The third-order valence-corrected chi connectivity index (χ3v) is 1.63. The van der Waals surface area contributed by atoms with Crippen LogP contribution in [0.2, 0.25) is 0 Å². The average Bonchev–Trinajstić information content (AvgIpc) is 1.98. The predicted molar refractivity (Wildman–Crippen MR) is 52.1 cm³/mol. The molecule has 0 aliphatic carbocycles. The van der Waals surface area contributed by atoms with E-state index in [2.05, 4.69) is 5.32 Å². The summed E-state index contributed by atoms with van der Waals surface area (Å²) in [5, 5.41) is 11.5. The van der Waals surface area contributed by atoms with Crippen LogP contribution in [0.15, 0.2) is 0 Å². The molecular formula is C9H20N2O2. The maximum atomic E-state index is 11.2. The van der Waals surface area contributed by atoms with Gasteiger partial charge in [0.25, 0.3) is 0 Å². The van der Waals surface area contributed by atoms with Crippen molar-refractivity contribution in [2.75, 3.05) is 6.54 Å². The van der Waals surface area contributed by atoms with Crippen molar-refractivity contribution >= 4 is 5.91 Å². The second-order valence-electron chi connectivity index (χ2n) is 3.83. The summed E-state index contributed by atoms with van der Waals surface area (Å²) in [6.07, 6.45) is 0.154. The largest absolute Gasteiger partial charge is 0.392 e.